The molecule has 0 fully saturated rings. The van der Waals surface area contributed by atoms with Gasteiger partial charge in [0.1, 0.15) is 0 Å². The van der Waals surface area contributed by atoms with E-state index in [1.54, 1.807) is 0 Å². The molecule has 2 N–H and O–H groups in total. The highest BCUT2D eigenvalue weighted by molar-refractivity contribution is 7.11. The van der Waals surface area contributed by atoms with Crippen molar-refractivity contribution in [2.45, 2.75) is 18.7 Å². The number of hydrogen-bond acceptors (Lipinski definition) is 4. The number of carbonyl (C=O) groups excluding carboxylic acids is 1. The first-order chi connectivity index (χ1) is 7.24. The fraction of sp³-hybridized carbons (Fsp3) is 0.500. The minimum absolute atomic E-state index is 0.0537. The molecule has 0 aliphatic carbocycles. The number of hydrogen-bond donors (Lipinski definition) is 2. The van der Waals surface area contributed by atoms with Gasteiger partial charge in [-0.05, 0) is 6.92 Å². The molecule has 0 radical (unpaired) electrons. The fourth-order valence-corrected chi connectivity index (χ4v) is 1.32. The van der Waals surface area contributed by atoms with E-state index >= 15 is 0 Å². The summed E-state index contributed by atoms with van der Waals surface area (Å²) < 4.78 is 36.6. The van der Waals surface area contributed by atoms with Crippen LogP contribution in [0, 0.1) is 0 Å². The molecule has 1 aromatic rings. The van der Waals surface area contributed by atoms with Crippen LogP contribution in [-0.2, 0) is 0 Å². The number of nitrogens with one attached hydrogen (secondary N) is 1. The van der Waals surface area contributed by atoms with Crippen LogP contribution in [0.5, 0.6) is 0 Å². The second kappa shape index (κ2) is 4.38. The predicted molar refractivity (Wildman–Crippen MR) is 51.1 cm³/mol. The number of amides is 1. The Morgan fingerprint density at radius 3 is 2.69 bits per heavy atom. The number of aromatic nitrogens is 1. The van der Waals surface area contributed by atoms with E-state index in [0.717, 1.165) is 11.3 Å². The van der Waals surface area contributed by atoms with Gasteiger partial charge in [0.25, 0.3) is 5.91 Å². The monoisotopic (exact) mass is 254 g/mol. The lowest BCUT2D eigenvalue weighted by Crippen LogP contribution is -2.51. The first-order valence-electron chi connectivity index (χ1n) is 4.21. The average Bonchev–Trinajstić information content (AvgIpc) is 2.65. The Bertz CT molecular complexity index is 362. The Labute approximate surface area is 93.1 Å². The molecule has 0 aliphatic heterocycles. The van der Waals surface area contributed by atoms with Crippen molar-refractivity contribution in [2.24, 2.45) is 0 Å². The van der Waals surface area contributed by atoms with Gasteiger partial charge in [0.2, 0.25) is 0 Å². The van der Waals surface area contributed by atoms with Crippen molar-refractivity contribution in [2.75, 3.05) is 6.54 Å². The third kappa shape index (κ3) is 2.92. The number of aliphatic hydroxyl groups is 1. The van der Waals surface area contributed by atoms with E-state index in [0.29, 0.717) is 6.92 Å². The van der Waals surface area contributed by atoms with Crippen molar-refractivity contribution in [3.05, 3.63) is 16.6 Å². The number of thiazole rings is 1. The number of rotatable bonds is 3. The summed E-state index contributed by atoms with van der Waals surface area (Å²) in [6, 6.07) is 0. The quantitative estimate of drug-likeness (QED) is 0.851. The highest BCUT2D eigenvalue weighted by Crippen LogP contribution is 2.29. The van der Waals surface area contributed by atoms with Gasteiger partial charge in [-0.15, -0.1) is 11.3 Å². The van der Waals surface area contributed by atoms with Gasteiger partial charge in [0, 0.05) is 11.6 Å². The van der Waals surface area contributed by atoms with Crippen molar-refractivity contribution >= 4 is 17.2 Å². The van der Waals surface area contributed by atoms with Crippen LogP contribution in [0.25, 0.3) is 0 Å². The van der Waals surface area contributed by atoms with Crippen LogP contribution in [0.1, 0.15) is 16.7 Å². The van der Waals surface area contributed by atoms with Gasteiger partial charge >= 0.3 is 6.18 Å². The third-order valence-corrected chi connectivity index (χ3v) is 2.60. The van der Waals surface area contributed by atoms with Gasteiger partial charge in [0.15, 0.2) is 10.6 Å². The lowest BCUT2D eigenvalue weighted by atomic mass is 10.1. The first-order valence-corrected chi connectivity index (χ1v) is 5.09. The Morgan fingerprint density at radius 2 is 2.25 bits per heavy atom. The van der Waals surface area contributed by atoms with E-state index in [9.17, 15) is 18.0 Å². The molecule has 90 valence electrons. The maximum atomic E-state index is 12.2. The van der Waals surface area contributed by atoms with Crippen molar-refractivity contribution < 1.29 is 23.1 Å². The van der Waals surface area contributed by atoms with Gasteiger partial charge < -0.3 is 10.4 Å². The molecule has 1 rings (SSSR count). The Kier molecular flexibility index (Phi) is 3.54. The summed E-state index contributed by atoms with van der Waals surface area (Å²) in [5.74, 6) is -0.737. The minimum Gasteiger partial charge on any atom is -0.379 e. The zero-order chi connectivity index (χ0) is 12.4. The van der Waals surface area contributed by atoms with Crippen LogP contribution in [0.4, 0.5) is 13.2 Å². The van der Waals surface area contributed by atoms with Crippen LogP contribution >= 0.6 is 11.3 Å². The molecule has 0 saturated carbocycles. The summed E-state index contributed by atoms with van der Waals surface area (Å²) in [5.41, 5.74) is -2.94. The number of carbonyl (C=O) groups is 1. The molecule has 0 bridgehead atoms. The molecular weight excluding hydrogens is 245 g/mol. The molecule has 16 heavy (non-hydrogen) atoms. The zero-order valence-electron chi connectivity index (χ0n) is 8.21. The maximum Gasteiger partial charge on any atom is 0.418 e. The third-order valence-electron chi connectivity index (χ3n) is 1.83. The molecule has 1 heterocycles. The smallest absolute Gasteiger partial charge is 0.379 e. The van der Waals surface area contributed by atoms with Crippen LogP contribution in [0.15, 0.2) is 11.6 Å². The fourth-order valence-electron chi connectivity index (χ4n) is 0.764. The first kappa shape index (κ1) is 12.9. The van der Waals surface area contributed by atoms with Crippen LogP contribution in [0.2, 0.25) is 0 Å². The highest BCUT2D eigenvalue weighted by Gasteiger charge is 2.49. The van der Waals surface area contributed by atoms with Gasteiger partial charge in [-0.2, -0.15) is 13.2 Å². The van der Waals surface area contributed by atoms with Crippen molar-refractivity contribution in [3.8, 4) is 0 Å². The summed E-state index contributed by atoms with van der Waals surface area (Å²) >= 11 is 1.00. The molecule has 1 amide bonds. The number of alkyl halides is 3. The molecule has 0 aromatic carbocycles. The average molecular weight is 254 g/mol. The summed E-state index contributed by atoms with van der Waals surface area (Å²) in [6.07, 6.45) is -3.43. The summed E-state index contributed by atoms with van der Waals surface area (Å²) in [7, 11) is 0. The van der Waals surface area contributed by atoms with Gasteiger partial charge in [-0.3, -0.25) is 4.79 Å². The SMILES string of the molecule is C[C@@](O)(CNC(=O)c1nccs1)C(F)(F)F. The molecule has 0 unspecified atom stereocenters. The van der Waals surface area contributed by atoms with Gasteiger partial charge in [0.05, 0.1) is 6.54 Å². The molecule has 0 spiro atoms. The van der Waals surface area contributed by atoms with Gasteiger partial charge in [-0.1, -0.05) is 0 Å². The van der Waals surface area contributed by atoms with E-state index in [1.165, 1.54) is 11.6 Å². The van der Waals surface area contributed by atoms with Crippen LogP contribution < -0.4 is 5.32 Å². The molecule has 1 aromatic heterocycles. The second-order valence-electron chi connectivity index (χ2n) is 3.29. The highest BCUT2D eigenvalue weighted by atomic mass is 32.1. The topological polar surface area (TPSA) is 62.2 Å². The Hall–Kier alpha value is -1.15. The van der Waals surface area contributed by atoms with Crippen molar-refractivity contribution in [1.82, 2.24) is 10.3 Å². The van der Waals surface area contributed by atoms with Crippen molar-refractivity contribution in [1.29, 1.82) is 0 Å². The van der Waals surface area contributed by atoms with E-state index in [-0.39, 0.29) is 5.01 Å². The Morgan fingerprint density at radius 1 is 1.62 bits per heavy atom. The number of halogens is 3. The summed E-state index contributed by atoms with van der Waals surface area (Å²) in [6.45, 7) is -0.315. The van der Waals surface area contributed by atoms with E-state index in [2.05, 4.69) is 4.98 Å². The predicted octanol–water partition coefficient (Wildman–Crippen LogP) is 1.19. The van der Waals surface area contributed by atoms with E-state index < -0.39 is 24.2 Å². The molecular formula is C8H9F3N2O2S. The molecule has 0 aliphatic rings. The maximum absolute atomic E-state index is 12.2. The summed E-state index contributed by atoms with van der Waals surface area (Å²) in [5, 5.41) is 12.6. The molecule has 4 nitrogen and oxygen atoms in total. The summed E-state index contributed by atoms with van der Waals surface area (Å²) in [4.78, 5) is 14.9. The normalized spacial score (nSPS) is 15.6. The molecule has 0 saturated heterocycles. The van der Waals surface area contributed by atoms with Crippen LogP contribution in [0.3, 0.4) is 0 Å². The standard InChI is InChI=1S/C8H9F3N2O2S/c1-7(15,8(9,10)11)4-13-5(14)6-12-2-3-16-6/h2-3,15H,4H2,1H3,(H,13,14)/t7-/m1/s1. The van der Waals surface area contributed by atoms with E-state index in [1.807, 2.05) is 5.32 Å². The Balaban J connectivity index is 2.56. The zero-order valence-corrected chi connectivity index (χ0v) is 9.02. The van der Waals surface area contributed by atoms with Crippen LogP contribution in [-0.4, -0.2) is 34.3 Å². The molecule has 8 heteroatoms. The largest absolute Gasteiger partial charge is 0.418 e. The second-order valence-corrected chi connectivity index (χ2v) is 4.19. The van der Waals surface area contributed by atoms with Crippen molar-refractivity contribution in [3.63, 3.8) is 0 Å². The van der Waals surface area contributed by atoms with Gasteiger partial charge in [-0.25, -0.2) is 4.98 Å². The number of nitrogens with zero attached hydrogens (tertiary/aromatic N) is 1. The van der Waals surface area contributed by atoms with E-state index in [4.69, 9.17) is 5.11 Å². The minimum atomic E-state index is -4.79. The molecule has 1 atom stereocenters. The lowest BCUT2D eigenvalue weighted by molar-refractivity contribution is -0.249. The lowest BCUT2D eigenvalue weighted by Gasteiger charge is -2.26.